The third kappa shape index (κ3) is 4.08. The fourth-order valence-corrected chi connectivity index (χ4v) is 2.02. The molecule has 0 saturated carbocycles. The number of carbonyl (C=O) groups is 1. The van der Waals surface area contributed by atoms with E-state index in [-0.39, 0.29) is 16.8 Å². The molecule has 1 amide bonds. The van der Waals surface area contributed by atoms with Gasteiger partial charge in [0.1, 0.15) is 11.5 Å². The Labute approximate surface area is 133 Å². The zero-order valence-electron chi connectivity index (χ0n) is 12.3. The summed E-state index contributed by atoms with van der Waals surface area (Å²) >= 11 is 5.63. The van der Waals surface area contributed by atoms with E-state index in [1.54, 1.807) is 14.2 Å². The van der Waals surface area contributed by atoms with Crippen LogP contribution in [0.15, 0.2) is 30.3 Å². The first-order valence-electron chi connectivity index (χ1n) is 6.62. The Hall–Kier alpha value is -2.34. The molecule has 0 atom stereocenters. The van der Waals surface area contributed by atoms with E-state index in [2.05, 4.69) is 15.5 Å². The van der Waals surface area contributed by atoms with Gasteiger partial charge in [-0.05, 0) is 42.3 Å². The summed E-state index contributed by atoms with van der Waals surface area (Å²) < 4.78 is 10.5. The fourth-order valence-electron chi connectivity index (χ4n) is 1.92. The minimum atomic E-state index is -0.300. The lowest BCUT2D eigenvalue weighted by molar-refractivity contribution is 0.0948. The van der Waals surface area contributed by atoms with E-state index in [0.717, 1.165) is 17.1 Å². The number of aromatic nitrogens is 2. The largest absolute Gasteiger partial charge is 0.497 e. The topological polar surface area (TPSA) is 73.3 Å². The zero-order valence-corrected chi connectivity index (χ0v) is 13.1. The maximum atomic E-state index is 11.9. The highest BCUT2D eigenvalue weighted by Crippen LogP contribution is 2.24. The van der Waals surface area contributed by atoms with Gasteiger partial charge in [-0.25, -0.2) is 0 Å². The number of halogens is 1. The second kappa shape index (κ2) is 7.61. The molecular weight excluding hydrogens is 306 g/mol. The smallest absolute Gasteiger partial charge is 0.271 e. The first kappa shape index (κ1) is 16.0. The van der Waals surface area contributed by atoms with E-state index < -0.39 is 0 Å². The molecule has 0 spiro atoms. The van der Waals surface area contributed by atoms with Gasteiger partial charge in [-0.2, -0.15) is 0 Å². The summed E-state index contributed by atoms with van der Waals surface area (Å²) in [5.41, 5.74) is 1.17. The first-order valence-corrected chi connectivity index (χ1v) is 7.00. The minimum absolute atomic E-state index is 0.224. The average Bonchev–Trinajstić information content (AvgIpc) is 2.55. The molecule has 0 fully saturated rings. The van der Waals surface area contributed by atoms with Gasteiger partial charge in [0.25, 0.3) is 5.91 Å². The first-order chi connectivity index (χ1) is 10.6. The Morgan fingerprint density at radius 3 is 2.64 bits per heavy atom. The van der Waals surface area contributed by atoms with Crippen LogP contribution in [0.5, 0.6) is 11.5 Å². The molecule has 2 aromatic rings. The Kier molecular flexibility index (Phi) is 5.55. The van der Waals surface area contributed by atoms with Crippen molar-refractivity contribution in [2.24, 2.45) is 0 Å². The number of hydrogen-bond donors (Lipinski definition) is 1. The molecular formula is C15H16ClN3O3. The van der Waals surface area contributed by atoms with Gasteiger partial charge in [-0.1, -0.05) is 11.6 Å². The fraction of sp³-hybridized carbons (Fsp3) is 0.267. The Morgan fingerprint density at radius 2 is 2.00 bits per heavy atom. The van der Waals surface area contributed by atoms with E-state index in [1.165, 1.54) is 12.1 Å². The molecule has 1 aromatic heterocycles. The van der Waals surface area contributed by atoms with Crippen LogP contribution in [0.3, 0.4) is 0 Å². The van der Waals surface area contributed by atoms with Crippen molar-refractivity contribution in [1.29, 1.82) is 0 Å². The predicted octanol–water partition coefficient (Wildman–Crippen LogP) is 2.12. The van der Waals surface area contributed by atoms with Crippen LogP contribution in [-0.4, -0.2) is 36.9 Å². The normalized spacial score (nSPS) is 10.1. The van der Waals surface area contributed by atoms with Gasteiger partial charge in [0.05, 0.1) is 14.2 Å². The molecule has 1 N–H and O–H groups in total. The summed E-state index contributed by atoms with van der Waals surface area (Å²) in [5, 5.41) is 10.4. The lowest BCUT2D eigenvalue weighted by Gasteiger charge is -2.11. The number of benzene rings is 1. The summed E-state index contributed by atoms with van der Waals surface area (Å²) in [4.78, 5) is 11.9. The van der Waals surface area contributed by atoms with Crippen LogP contribution in [0.2, 0.25) is 5.15 Å². The molecule has 22 heavy (non-hydrogen) atoms. The van der Waals surface area contributed by atoms with Gasteiger partial charge in [0.15, 0.2) is 10.8 Å². The van der Waals surface area contributed by atoms with Crippen molar-refractivity contribution in [3.05, 3.63) is 46.7 Å². The Bertz CT molecular complexity index is 647. The molecule has 1 heterocycles. The summed E-state index contributed by atoms with van der Waals surface area (Å²) in [5.74, 6) is 1.19. The predicted molar refractivity (Wildman–Crippen MR) is 82.6 cm³/mol. The van der Waals surface area contributed by atoms with Gasteiger partial charge >= 0.3 is 0 Å². The molecule has 2 rings (SSSR count). The van der Waals surface area contributed by atoms with Crippen LogP contribution in [0.4, 0.5) is 0 Å². The van der Waals surface area contributed by atoms with Crippen LogP contribution < -0.4 is 14.8 Å². The van der Waals surface area contributed by atoms with Crippen molar-refractivity contribution in [1.82, 2.24) is 15.5 Å². The van der Waals surface area contributed by atoms with Gasteiger partial charge in [-0.3, -0.25) is 4.79 Å². The molecule has 0 bridgehead atoms. The lowest BCUT2D eigenvalue weighted by atomic mass is 10.1. The van der Waals surface area contributed by atoms with Crippen molar-refractivity contribution >= 4 is 17.5 Å². The van der Waals surface area contributed by atoms with E-state index >= 15 is 0 Å². The summed E-state index contributed by atoms with van der Waals surface area (Å²) in [7, 11) is 3.21. The average molecular weight is 322 g/mol. The number of rotatable bonds is 6. The molecule has 0 radical (unpaired) electrons. The number of ether oxygens (including phenoxy) is 2. The van der Waals surface area contributed by atoms with E-state index in [0.29, 0.717) is 13.0 Å². The van der Waals surface area contributed by atoms with Gasteiger partial charge in [0, 0.05) is 6.54 Å². The molecule has 1 aromatic carbocycles. The van der Waals surface area contributed by atoms with Crippen LogP contribution in [-0.2, 0) is 6.42 Å². The number of hydrogen-bond acceptors (Lipinski definition) is 5. The minimum Gasteiger partial charge on any atom is -0.497 e. The second-order valence-corrected chi connectivity index (χ2v) is 4.81. The number of nitrogens with one attached hydrogen (secondary N) is 1. The van der Waals surface area contributed by atoms with Crippen LogP contribution >= 0.6 is 11.6 Å². The highest BCUT2D eigenvalue weighted by atomic mass is 35.5. The molecule has 0 saturated heterocycles. The highest BCUT2D eigenvalue weighted by molar-refractivity contribution is 6.29. The number of amides is 1. The lowest BCUT2D eigenvalue weighted by Crippen LogP contribution is -2.26. The van der Waals surface area contributed by atoms with Crippen molar-refractivity contribution in [2.45, 2.75) is 6.42 Å². The SMILES string of the molecule is COc1ccc(OC)c(CCNC(=O)c2ccc(Cl)nn2)c1. The molecule has 116 valence electrons. The number of methoxy groups -OCH3 is 2. The third-order valence-electron chi connectivity index (χ3n) is 3.03. The molecule has 0 aliphatic rings. The maximum absolute atomic E-state index is 11.9. The summed E-state index contributed by atoms with van der Waals surface area (Å²) in [6.45, 7) is 0.437. The Balaban J connectivity index is 1.95. The summed E-state index contributed by atoms with van der Waals surface area (Å²) in [6, 6.07) is 8.59. The monoisotopic (exact) mass is 321 g/mol. The highest BCUT2D eigenvalue weighted by Gasteiger charge is 2.09. The molecule has 6 nitrogen and oxygen atoms in total. The molecule has 0 unspecified atom stereocenters. The third-order valence-corrected chi connectivity index (χ3v) is 3.23. The van der Waals surface area contributed by atoms with Crippen LogP contribution in [0.25, 0.3) is 0 Å². The zero-order chi connectivity index (χ0) is 15.9. The second-order valence-electron chi connectivity index (χ2n) is 4.42. The van der Waals surface area contributed by atoms with E-state index in [1.807, 2.05) is 18.2 Å². The van der Waals surface area contributed by atoms with Crippen molar-refractivity contribution < 1.29 is 14.3 Å². The standard InChI is InChI=1S/C15H16ClN3O3/c1-21-11-3-5-13(22-2)10(9-11)7-8-17-15(20)12-4-6-14(16)19-18-12/h3-6,9H,7-8H2,1-2H3,(H,17,20). The summed E-state index contributed by atoms with van der Waals surface area (Å²) in [6.07, 6.45) is 0.604. The number of nitrogens with zero attached hydrogens (tertiary/aromatic N) is 2. The molecule has 7 heteroatoms. The van der Waals surface area contributed by atoms with Crippen molar-refractivity contribution in [2.75, 3.05) is 20.8 Å². The van der Waals surface area contributed by atoms with Crippen LogP contribution in [0, 0.1) is 0 Å². The van der Waals surface area contributed by atoms with E-state index in [4.69, 9.17) is 21.1 Å². The Morgan fingerprint density at radius 1 is 1.18 bits per heavy atom. The molecule has 0 aliphatic heterocycles. The van der Waals surface area contributed by atoms with Crippen molar-refractivity contribution in [3.63, 3.8) is 0 Å². The maximum Gasteiger partial charge on any atom is 0.271 e. The van der Waals surface area contributed by atoms with E-state index in [9.17, 15) is 4.79 Å². The van der Waals surface area contributed by atoms with Gasteiger partial charge in [-0.15, -0.1) is 10.2 Å². The van der Waals surface area contributed by atoms with Gasteiger partial charge in [0.2, 0.25) is 0 Å². The molecule has 0 aliphatic carbocycles. The van der Waals surface area contributed by atoms with Gasteiger partial charge < -0.3 is 14.8 Å². The number of carbonyl (C=O) groups excluding carboxylic acids is 1. The van der Waals surface area contributed by atoms with Crippen LogP contribution in [0.1, 0.15) is 16.1 Å². The quantitative estimate of drug-likeness (QED) is 0.882. The van der Waals surface area contributed by atoms with Crippen molar-refractivity contribution in [3.8, 4) is 11.5 Å².